The lowest BCUT2D eigenvalue weighted by molar-refractivity contribution is -0.161. The summed E-state index contributed by atoms with van der Waals surface area (Å²) in [6, 6.07) is -1.54. The maximum absolute atomic E-state index is 15.7. The van der Waals surface area contributed by atoms with Crippen molar-refractivity contribution in [3.63, 3.8) is 0 Å². The van der Waals surface area contributed by atoms with Crippen molar-refractivity contribution in [1.29, 1.82) is 0 Å². The molecule has 172 valence electrons. The van der Waals surface area contributed by atoms with Crippen molar-refractivity contribution in [3.05, 3.63) is 0 Å². The molecule has 0 aromatic rings. The number of fused-ring (bicyclic) bond motifs is 1. The van der Waals surface area contributed by atoms with Crippen LogP contribution >= 0.6 is 0 Å². The van der Waals surface area contributed by atoms with Crippen LogP contribution in [-0.2, 0) is 14.3 Å². The Hall–Kier alpha value is -1.86. The number of likely N-dealkylation sites (tertiary alicyclic amines) is 1. The van der Waals surface area contributed by atoms with Crippen LogP contribution in [-0.4, -0.2) is 52.2 Å². The van der Waals surface area contributed by atoms with Gasteiger partial charge in [0.25, 0.3) is 0 Å². The Labute approximate surface area is 182 Å². The molecule has 0 radical (unpaired) electrons. The van der Waals surface area contributed by atoms with Crippen molar-refractivity contribution in [1.82, 2.24) is 10.2 Å². The average molecular weight is 436 g/mol. The largest absolute Gasteiger partial charge is 0.444 e. The number of halogens is 1. The predicted octanol–water partition coefficient (Wildman–Crippen LogP) is 2.66. The fraction of sp³-hybridized carbons (Fsp3) is 0.870. The molecule has 3 amide bonds. The first-order valence-corrected chi connectivity index (χ1v) is 11.7. The van der Waals surface area contributed by atoms with Gasteiger partial charge in [-0.25, -0.2) is 9.18 Å². The van der Waals surface area contributed by atoms with Gasteiger partial charge in [-0.3, -0.25) is 9.59 Å². The molecule has 0 spiro atoms. The van der Waals surface area contributed by atoms with E-state index < -0.39 is 40.8 Å². The molecule has 0 aromatic heterocycles. The Morgan fingerprint density at radius 3 is 2.29 bits per heavy atom. The van der Waals surface area contributed by atoms with Crippen molar-refractivity contribution in [2.24, 2.45) is 28.9 Å². The van der Waals surface area contributed by atoms with E-state index in [1.807, 2.05) is 0 Å². The van der Waals surface area contributed by atoms with Crippen LogP contribution in [0.15, 0.2) is 0 Å². The molecule has 8 heteroatoms. The smallest absolute Gasteiger partial charge is 0.408 e. The van der Waals surface area contributed by atoms with Gasteiger partial charge in [0, 0.05) is 11.5 Å². The van der Waals surface area contributed by atoms with Gasteiger partial charge in [0.2, 0.25) is 11.8 Å². The van der Waals surface area contributed by atoms with Gasteiger partial charge in [0.15, 0.2) is 0 Å². The van der Waals surface area contributed by atoms with Gasteiger partial charge in [0.05, 0.1) is 0 Å². The number of nitrogens with one attached hydrogen (secondary N) is 1. The van der Waals surface area contributed by atoms with E-state index in [9.17, 15) is 14.4 Å². The van der Waals surface area contributed by atoms with E-state index in [-0.39, 0.29) is 30.2 Å². The lowest BCUT2D eigenvalue weighted by Crippen LogP contribution is -2.66. The fourth-order valence-corrected chi connectivity index (χ4v) is 7.64. The van der Waals surface area contributed by atoms with Crippen LogP contribution in [0.4, 0.5) is 9.18 Å². The van der Waals surface area contributed by atoms with Crippen LogP contribution in [0.1, 0.15) is 72.1 Å². The lowest BCUT2D eigenvalue weighted by Gasteiger charge is -2.61. The van der Waals surface area contributed by atoms with Crippen LogP contribution in [0, 0.1) is 23.2 Å². The van der Waals surface area contributed by atoms with Gasteiger partial charge >= 0.3 is 6.09 Å². The topological polar surface area (TPSA) is 102 Å². The molecule has 1 saturated heterocycles. The Kier molecular flexibility index (Phi) is 4.46. The van der Waals surface area contributed by atoms with E-state index in [1.54, 1.807) is 25.7 Å². The summed E-state index contributed by atoms with van der Waals surface area (Å²) in [5.41, 5.74) is 2.99. The average Bonchev–Trinajstić information content (AvgIpc) is 3.25. The summed E-state index contributed by atoms with van der Waals surface area (Å²) in [5.74, 6) is -0.0240. The number of amides is 3. The quantitative estimate of drug-likeness (QED) is 0.709. The Bertz CT molecular complexity index is 810. The van der Waals surface area contributed by atoms with Crippen molar-refractivity contribution >= 4 is 17.9 Å². The first kappa shape index (κ1) is 21.0. The van der Waals surface area contributed by atoms with E-state index in [4.69, 9.17) is 10.5 Å². The summed E-state index contributed by atoms with van der Waals surface area (Å²) in [4.78, 5) is 40.4. The Balaban J connectivity index is 1.47. The molecule has 6 fully saturated rings. The molecule has 4 bridgehead atoms. The maximum atomic E-state index is 15.7. The SMILES string of the molecule is CC(C)(C)OC(=O)N[C@H](C(=O)N1[C@H](C(N)=O)C[C@@H]2C[C@@H]21)C12C[C@@H]3C[C@@H](CC(F)(C3)C1)C2. The molecule has 8 atom stereocenters. The number of ether oxygens (including phenoxy) is 1. The molecule has 3 N–H and O–H groups in total. The first-order chi connectivity index (χ1) is 14.4. The summed E-state index contributed by atoms with van der Waals surface area (Å²) in [6.07, 6.45) is 4.61. The standard InChI is InChI=1S/C23H34FN3O4/c1-21(2,3)31-20(30)26-17(19(29)27-15-5-14(15)6-16(27)18(25)28)22-7-12-4-13(8-22)10-23(24,9-12)11-22/h12-17H,4-11H2,1-3H3,(H2,25,28)(H,26,30)/t12-,13+,14-,15-,16-,17+,22?,23?/m0/s1. The zero-order chi connectivity index (χ0) is 22.3. The molecule has 5 aliphatic carbocycles. The third-order valence-electron chi connectivity index (χ3n) is 8.24. The van der Waals surface area contributed by atoms with Crippen molar-refractivity contribution in [2.45, 2.75) is 102 Å². The number of nitrogens with zero attached hydrogens (tertiary/aromatic N) is 1. The molecule has 1 heterocycles. The molecule has 31 heavy (non-hydrogen) atoms. The van der Waals surface area contributed by atoms with Gasteiger partial charge in [0.1, 0.15) is 23.4 Å². The number of alkyl halides is 1. The minimum Gasteiger partial charge on any atom is -0.444 e. The van der Waals surface area contributed by atoms with E-state index in [2.05, 4.69) is 5.32 Å². The van der Waals surface area contributed by atoms with Gasteiger partial charge in [-0.15, -0.1) is 0 Å². The third-order valence-corrected chi connectivity index (χ3v) is 8.24. The zero-order valence-corrected chi connectivity index (χ0v) is 18.7. The highest BCUT2D eigenvalue weighted by Gasteiger charge is 2.65. The molecule has 7 nitrogen and oxygen atoms in total. The van der Waals surface area contributed by atoms with Crippen LogP contribution in [0.3, 0.4) is 0 Å². The minimum absolute atomic E-state index is 0.00110. The zero-order valence-electron chi connectivity index (χ0n) is 18.7. The van der Waals surface area contributed by atoms with E-state index in [1.165, 1.54) is 0 Å². The summed E-state index contributed by atoms with van der Waals surface area (Å²) in [5, 5.41) is 2.85. The van der Waals surface area contributed by atoms with Crippen molar-refractivity contribution < 1.29 is 23.5 Å². The van der Waals surface area contributed by atoms with Crippen molar-refractivity contribution in [3.8, 4) is 0 Å². The fourth-order valence-electron chi connectivity index (χ4n) is 7.64. The number of hydrogen-bond acceptors (Lipinski definition) is 4. The number of primary amides is 1. The number of hydrogen-bond donors (Lipinski definition) is 2. The molecule has 6 aliphatic rings. The summed E-state index contributed by atoms with van der Waals surface area (Å²) < 4.78 is 21.2. The minimum atomic E-state index is -1.27. The second kappa shape index (κ2) is 6.58. The summed E-state index contributed by atoms with van der Waals surface area (Å²) >= 11 is 0. The molecule has 0 aromatic carbocycles. The third kappa shape index (κ3) is 3.59. The highest BCUT2D eigenvalue weighted by Crippen LogP contribution is 2.64. The van der Waals surface area contributed by atoms with E-state index >= 15 is 4.39 Å². The summed E-state index contributed by atoms with van der Waals surface area (Å²) in [6.45, 7) is 5.30. The predicted molar refractivity (Wildman–Crippen MR) is 110 cm³/mol. The molecular formula is C23H34FN3O4. The van der Waals surface area contributed by atoms with Crippen molar-refractivity contribution in [2.75, 3.05) is 0 Å². The first-order valence-electron chi connectivity index (χ1n) is 11.7. The normalized spacial score (nSPS) is 43.4. The second-order valence-electron chi connectivity index (χ2n) is 12.0. The Morgan fingerprint density at radius 2 is 1.74 bits per heavy atom. The highest BCUT2D eigenvalue weighted by molar-refractivity contribution is 5.92. The lowest BCUT2D eigenvalue weighted by atomic mass is 9.46. The van der Waals surface area contributed by atoms with E-state index in [0.717, 1.165) is 25.7 Å². The monoisotopic (exact) mass is 435 g/mol. The Morgan fingerprint density at radius 1 is 1.10 bits per heavy atom. The molecule has 6 rings (SSSR count). The van der Waals surface area contributed by atoms with E-state index in [0.29, 0.717) is 25.2 Å². The van der Waals surface area contributed by atoms with Crippen LogP contribution in [0.25, 0.3) is 0 Å². The van der Waals surface area contributed by atoms with Gasteiger partial charge < -0.3 is 20.7 Å². The number of alkyl carbamates (subject to hydrolysis) is 1. The number of carbonyl (C=O) groups excluding carboxylic acids is 3. The number of piperidine rings is 1. The summed E-state index contributed by atoms with van der Waals surface area (Å²) in [7, 11) is 0. The molecule has 5 saturated carbocycles. The number of carbonyl (C=O) groups is 3. The number of nitrogens with two attached hydrogens (primary N) is 1. The maximum Gasteiger partial charge on any atom is 0.408 e. The van der Waals surface area contributed by atoms with Gasteiger partial charge in [-0.05, 0) is 89.9 Å². The molecular weight excluding hydrogens is 401 g/mol. The van der Waals surface area contributed by atoms with Crippen LogP contribution in [0.5, 0.6) is 0 Å². The highest BCUT2D eigenvalue weighted by atomic mass is 19.1. The molecule has 1 aliphatic heterocycles. The van der Waals surface area contributed by atoms with Crippen LogP contribution in [0.2, 0.25) is 0 Å². The van der Waals surface area contributed by atoms with Crippen LogP contribution < -0.4 is 11.1 Å². The second-order valence-corrected chi connectivity index (χ2v) is 12.0. The van der Waals surface area contributed by atoms with Gasteiger partial charge in [-0.1, -0.05) is 0 Å². The number of rotatable bonds is 4. The molecule has 2 unspecified atom stereocenters. The van der Waals surface area contributed by atoms with Gasteiger partial charge in [-0.2, -0.15) is 0 Å².